The Morgan fingerprint density at radius 3 is 2.62 bits per heavy atom. The molecule has 2 saturated heterocycles. The molecule has 3 amide bonds. The molecule has 0 unspecified atom stereocenters. The second-order valence-corrected chi connectivity index (χ2v) is 10.5. The van der Waals surface area contributed by atoms with Crippen molar-refractivity contribution in [2.45, 2.75) is 45.6 Å². The molecular weight excluding hydrogens is 452 g/mol. The first-order valence-electron chi connectivity index (χ1n) is 12.0. The molecule has 8 heteroatoms. The van der Waals surface area contributed by atoms with Gasteiger partial charge in [-0.25, -0.2) is 9.59 Å². The van der Waals surface area contributed by atoms with Gasteiger partial charge in [-0.05, 0) is 69.7 Å². The van der Waals surface area contributed by atoms with Crippen LogP contribution in [0.2, 0.25) is 5.02 Å². The van der Waals surface area contributed by atoms with Crippen LogP contribution in [0, 0.1) is 5.92 Å². The average Bonchev–Trinajstić information content (AvgIpc) is 2.80. The molecule has 7 nitrogen and oxygen atoms in total. The van der Waals surface area contributed by atoms with Gasteiger partial charge in [-0.2, -0.15) is 0 Å². The lowest BCUT2D eigenvalue weighted by Crippen LogP contribution is -2.52. The predicted octanol–water partition coefficient (Wildman–Crippen LogP) is 5.68. The summed E-state index contributed by atoms with van der Waals surface area (Å²) in [6, 6.07) is 9.71. The third-order valence-electron chi connectivity index (χ3n) is 6.29. The SMILES string of the molecule is CC(C)(C)OC(=O)N1CCC(CN2CCCN(c3cccc(-c4cnccc4Cl)c3)C2=O)CC1. The van der Waals surface area contributed by atoms with Crippen LogP contribution in [0.5, 0.6) is 0 Å². The Balaban J connectivity index is 1.38. The fourth-order valence-corrected chi connectivity index (χ4v) is 4.77. The van der Waals surface area contributed by atoms with E-state index in [2.05, 4.69) is 4.98 Å². The minimum atomic E-state index is -0.489. The van der Waals surface area contributed by atoms with Gasteiger partial charge in [0.2, 0.25) is 0 Å². The number of nitrogens with zero attached hydrogens (tertiary/aromatic N) is 4. The highest BCUT2D eigenvalue weighted by molar-refractivity contribution is 6.33. The first-order valence-corrected chi connectivity index (χ1v) is 12.3. The molecule has 2 aliphatic rings. The molecule has 4 rings (SSSR count). The van der Waals surface area contributed by atoms with Gasteiger partial charge in [0.05, 0.1) is 5.02 Å². The van der Waals surface area contributed by atoms with Crippen LogP contribution in [0.1, 0.15) is 40.0 Å². The molecule has 0 saturated carbocycles. The van der Waals surface area contributed by atoms with Gasteiger partial charge >= 0.3 is 12.1 Å². The maximum absolute atomic E-state index is 13.4. The molecule has 34 heavy (non-hydrogen) atoms. The van der Waals surface area contributed by atoms with E-state index in [4.69, 9.17) is 16.3 Å². The van der Waals surface area contributed by atoms with Gasteiger partial charge in [0, 0.05) is 56.4 Å². The Morgan fingerprint density at radius 1 is 1.15 bits per heavy atom. The van der Waals surface area contributed by atoms with Gasteiger partial charge in [-0.1, -0.05) is 23.7 Å². The predicted molar refractivity (Wildman–Crippen MR) is 134 cm³/mol. The maximum atomic E-state index is 13.4. The van der Waals surface area contributed by atoms with Crippen molar-refractivity contribution >= 4 is 29.4 Å². The van der Waals surface area contributed by atoms with E-state index in [9.17, 15) is 9.59 Å². The maximum Gasteiger partial charge on any atom is 0.410 e. The fourth-order valence-electron chi connectivity index (χ4n) is 4.56. The van der Waals surface area contributed by atoms with E-state index in [0.29, 0.717) is 37.1 Å². The van der Waals surface area contributed by atoms with Crippen molar-refractivity contribution in [1.82, 2.24) is 14.8 Å². The van der Waals surface area contributed by atoms with Crippen LogP contribution in [0.3, 0.4) is 0 Å². The molecule has 2 aliphatic heterocycles. The van der Waals surface area contributed by atoms with Crippen LogP contribution in [0.15, 0.2) is 42.7 Å². The number of urea groups is 1. The minimum absolute atomic E-state index is 0.0373. The van der Waals surface area contributed by atoms with Crippen molar-refractivity contribution in [3.8, 4) is 11.1 Å². The first-order chi connectivity index (χ1) is 16.2. The van der Waals surface area contributed by atoms with Crippen LogP contribution in [0.25, 0.3) is 11.1 Å². The first kappa shape index (κ1) is 24.3. The number of benzene rings is 1. The summed E-state index contributed by atoms with van der Waals surface area (Å²) in [4.78, 5) is 35.5. The Kier molecular flexibility index (Phi) is 7.31. The number of carbonyl (C=O) groups excluding carboxylic acids is 2. The monoisotopic (exact) mass is 484 g/mol. The number of hydrogen-bond donors (Lipinski definition) is 0. The molecule has 2 aromatic rings. The van der Waals surface area contributed by atoms with E-state index in [0.717, 1.165) is 42.6 Å². The summed E-state index contributed by atoms with van der Waals surface area (Å²) in [6.07, 6.45) is 5.82. The summed E-state index contributed by atoms with van der Waals surface area (Å²) in [6.45, 7) is 9.14. The van der Waals surface area contributed by atoms with E-state index >= 15 is 0 Å². The number of amides is 3. The van der Waals surface area contributed by atoms with Gasteiger partial charge in [0.25, 0.3) is 0 Å². The number of anilines is 1. The summed E-state index contributed by atoms with van der Waals surface area (Å²) in [7, 11) is 0. The summed E-state index contributed by atoms with van der Waals surface area (Å²) in [5, 5.41) is 0.636. The summed E-state index contributed by atoms with van der Waals surface area (Å²) in [5.41, 5.74) is 2.17. The van der Waals surface area contributed by atoms with Gasteiger partial charge in [0.1, 0.15) is 5.60 Å². The second-order valence-electron chi connectivity index (χ2n) is 10.1. The van der Waals surface area contributed by atoms with E-state index in [-0.39, 0.29) is 12.1 Å². The zero-order valence-corrected chi connectivity index (χ0v) is 20.9. The Labute approximate surface area is 206 Å². The number of rotatable bonds is 4. The van der Waals surface area contributed by atoms with E-state index in [1.165, 1.54) is 0 Å². The molecule has 1 aromatic heterocycles. The zero-order chi connectivity index (χ0) is 24.3. The molecule has 0 N–H and O–H groups in total. The lowest BCUT2D eigenvalue weighted by Gasteiger charge is -2.39. The topological polar surface area (TPSA) is 66.0 Å². The van der Waals surface area contributed by atoms with Crippen molar-refractivity contribution in [1.29, 1.82) is 0 Å². The molecule has 182 valence electrons. The lowest BCUT2D eigenvalue weighted by atomic mass is 9.96. The van der Waals surface area contributed by atoms with Crippen molar-refractivity contribution in [2.75, 3.05) is 37.6 Å². The lowest BCUT2D eigenvalue weighted by molar-refractivity contribution is 0.0173. The van der Waals surface area contributed by atoms with Crippen LogP contribution < -0.4 is 4.90 Å². The molecule has 2 fully saturated rings. The van der Waals surface area contributed by atoms with Gasteiger partial charge in [-0.3, -0.25) is 9.88 Å². The quantitative estimate of drug-likeness (QED) is 0.559. The number of carbonyl (C=O) groups is 2. The van der Waals surface area contributed by atoms with Crippen molar-refractivity contribution in [2.24, 2.45) is 5.92 Å². The highest BCUT2D eigenvalue weighted by atomic mass is 35.5. The standard InChI is InChI=1S/C26H33ClN4O3/c1-26(2,3)34-25(33)29-14-9-19(10-15-29)18-30-12-5-13-31(24(30)32)21-7-4-6-20(16-21)22-17-28-11-8-23(22)27/h4,6-8,11,16-17,19H,5,9-10,12-15,18H2,1-3H3. The van der Waals surface area contributed by atoms with E-state index < -0.39 is 5.60 Å². The normalized spacial score (nSPS) is 17.8. The molecule has 3 heterocycles. The summed E-state index contributed by atoms with van der Waals surface area (Å²) >= 11 is 6.36. The van der Waals surface area contributed by atoms with Gasteiger partial charge < -0.3 is 14.5 Å². The molecular formula is C26H33ClN4O3. The van der Waals surface area contributed by atoms with E-state index in [1.807, 2.05) is 54.8 Å². The number of likely N-dealkylation sites (tertiary alicyclic amines) is 1. The second kappa shape index (κ2) is 10.2. The Hall–Kier alpha value is -2.80. The zero-order valence-electron chi connectivity index (χ0n) is 20.2. The van der Waals surface area contributed by atoms with Crippen molar-refractivity contribution in [3.05, 3.63) is 47.7 Å². The fraction of sp³-hybridized carbons (Fsp3) is 0.500. The van der Waals surface area contributed by atoms with Crippen LogP contribution in [-0.2, 0) is 4.74 Å². The minimum Gasteiger partial charge on any atom is -0.444 e. The number of hydrogen-bond acceptors (Lipinski definition) is 4. The third kappa shape index (κ3) is 5.81. The summed E-state index contributed by atoms with van der Waals surface area (Å²) < 4.78 is 5.50. The molecule has 0 spiro atoms. The Morgan fingerprint density at radius 2 is 1.91 bits per heavy atom. The number of pyridine rings is 1. The number of aromatic nitrogens is 1. The van der Waals surface area contributed by atoms with Crippen LogP contribution >= 0.6 is 11.6 Å². The largest absolute Gasteiger partial charge is 0.444 e. The number of halogens is 1. The molecule has 1 aromatic carbocycles. The number of ether oxygens (including phenoxy) is 1. The van der Waals surface area contributed by atoms with Crippen molar-refractivity contribution < 1.29 is 14.3 Å². The van der Waals surface area contributed by atoms with E-state index in [1.54, 1.807) is 23.4 Å². The van der Waals surface area contributed by atoms with Crippen molar-refractivity contribution in [3.63, 3.8) is 0 Å². The van der Waals surface area contributed by atoms with Crippen LogP contribution in [-0.4, -0.2) is 65.2 Å². The smallest absolute Gasteiger partial charge is 0.410 e. The Bertz CT molecular complexity index is 1030. The molecule has 0 bridgehead atoms. The average molecular weight is 485 g/mol. The van der Waals surface area contributed by atoms with Gasteiger partial charge in [0.15, 0.2) is 0 Å². The summed E-state index contributed by atoms with van der Waals surface area (Å²) in [5.74, 6) is 0.378. The molecule has 0 aliphatic carbocycles. The third-order valence-corrected chi connectivity index (χ3v) is 6.62. The van der Waals surface area contributed by atoms with Gasteiger partial charge in [-0.15, -0.1) is 0 Å². The molecule has 0 atom stereocenters. The highest BCUT2D eigenvalue weighted by Gasteiger charge is 2.32. The number of piperidine rings is 1. The molecule has 0 radical (unpaired) electrons. The highest BCUT2D eigenvalue weighted by Crippen LogP contribution is 2.31. The van der Waals surface area contributed by atoms with Crippen LogP contribution in [0.4, 0.5) is 15.3 Å².